The second-order valence-electron chi connectivity index (χ2n) is 1.58. The molecule has 0 atom stereocenters. The topological polar surface area (TPSA) is 26.0 Å². The molecule has 0 aliphatic rings. The molecule has 0 radical (unpaired) electrons. The Bertz CT molecular complexity index is 146. The van der Waals surface area contributed by atoms with E-state index in [9.17, 15) is 0 Å². The summed E-state index contributed by atoms with van der Waals surface area (Å²) in [5.41, 5.74) is 6.29. The van der Waals surface area contributed by atoms with Crippen molar-refractivity contribution in [2.75, 3.05) is 0 Å². The maximum absolute atomic E-state index is 5.22. The molecular weight excluding hydrogens is 98.1 g/mol. The highest BCUT2D eigenvalue weighted by Crippen LogP contribution is 1.95. The highest BCUT2D eigenvalue weighted by atomic mass is 14.5. The normalized spacial score (nSPS) is 8.62. The first-order valence-corrected chi connectivity index (χ1v) is 2.53. The van der Waals surface area contributed by atoms with Crippen molar-refractivity contribution in [2.45, 2.75) is 0 Å². The van der Waals surface area contributed by atoms with Crippen molar-refractivity contribution in [3.63, 3.8) is 0 Å². The predicted molar refractivity (Wildman–Crippen MR) is 34.0 cm³/mol. The number of benzene rings is 1. The summed E-state index contributed by atoms with van der Waals surface area (Å²) in [5, 5.41) is 0. The molecule has 0 saturated heterocycles. The van der Waals surface area contributed by atoms with Crippen molar-refractivity contribution >= 4 is 0 Å². The SMILES string of the molecule is N[CH-]c1ccccc1. The van der Waals surface area contributed by atoms with Gasteiger partial charge in [-0.05, 0) is 0 Å². The van der Waals surface area contributed by atoms with E-state index < -0.39 is 0 Å². The van der Waals surface area contributed by atoms with Gasteiger partial charge >= 0.3 is 0 Å². The van der Waals surface area contributed by atoms with Gasteiger partial charge in [-0.3, -0.25) is 0 Å². The van der Waals surface area contributed by atoms with Crippen LogP contribution in [0.15, 0.2) is 30.3 Å². The molecule has 1 heteroatoms. The Hall–Kier alpha value is -0.950. The lowest BCUT2D eigenvalue weighted by atomic mass is 10.2. The molecule has 0 aliphatic heterocycles. The van der Waals surface area contributed by atoms with Crippen molar-refractivity contribution in [3.8, 4) is 0 Å². The molecule has 0 amide bonds. The van der Waals surface area contributed by atoms with E-state index in [1.807, 2.05) is 30.3 Å². The van der Waals surface area contributed by atoms with Gasteiger partial charge in [0.1, 0.15) is 0 Å². The van der Waals surface area contributed by atoms with Crippen molar-refractivity contribution in [3.05, 3.63) is 42.4 Å². The van der Waals surface area contributed by atoms with Gasteiger partial charge in [-0.2, -0.15) is 17.7 Å². The molecule has 0 spiro atoms. The van der Waals surface area contributed by atoms with Crippen molar-refractivity contribution in [2.24, 2.45) is 5.73 Å². The van der Waals surface area contributed by atoms with E-state index in [0.717, 1.165) is 5.56 Å². The zero-order valence-electron chi connectivity index (χ0n) is 4.54. The molecular formula is C7H8N-. The molecule has 1 aromatic carbocycles. The zero-order valence-corrected chi connectivity index (χ0v) is 4.54. The molecule has 1 nitrogen and oxygen atoms in total. The summed E-state index contributed by atoms with van der Waals surface area (Å²) < 4.78 is 0. The van der Waals surface area contributed by atoms with Gasteiger partial charge in [-0.15, -0.1) is 18.7 Å². The van der Waals surface area contributed by atoms with E-state index in [-0.39, 0.29) is 0 Å². The molecule has 0 aromatic heterocycles. The molecule has 0 saturated carbocycles. The summed E-state index contributed by atoms with van der Waals surface area (Å²) >= 11 is 0. The second-order valence-corrected chi connectivity index (χ2v) is 1.58. The minimum absolute atomic E-state index is 1.06. The summed E-state index contributed by atoms with van der Waals surface area (Å²) in [6.45, 7) is 1.58. The van der Waals surface area contributed by atoms with Crippen molar-refractivity contribution in [1.29, 1.82) is 0 Å². The molecule has 42 valence electrons. The number of hydrogen-bond donors (Lipinski definition) is 1. The summed E-state index contributed by atoms with van der Waals surface area (Å²) in [5.74, 6) is 0. The van der Waals surface area contributed by atoms with E-state index in [4.69, 9.17) is 5.73 Å². The first kappa shape index (κ1) is 5.19. The lowest BCUT2D eigenvalue weighted by Crippen LogP contribution is -1.90. The number of hydrogen-bond acceptors (Lipinski definition) is 1. The van der Waals surface area contributed by atoms with E-state index >= 15 is 0 Å². The van der Waals surface area contributed by atoms with E-state index in [2.05, 4.69) is 0 Å². The molecule has 1 rings (SSSR count). The summed E-state index contributed by atoms with van der Waals surface area (Å²) in [4.78, 5) is 0. The van der Waals surface area contributed by atoms with Crippen LogP contribution in [-0.4, -0.2) is 0 Å². The highest BCUT2D eigenvalue weighted by Gasteiger charge is 1.69. The molecule has 2 N–H and O–H groups in total. The van der Waals surface area contributed by atoms with Crippen LogP contribution < -0.4 is 5.73 Å². The second kappa shape index (κ2) is 2.38. The Kier molecular flexibility index (Phi) is 1.55. The summed E-state index contributed by atoms with van der Waals surface area (Å²) in [6.07, 6.45) is 0. The third kappa shape index (κ3) is 1.01. The van der Waals surface area contributed by atoms with E-state index in [1.54, 1.807) is 6.54 Å². The lowest BCUT2D eigenvalue weighted by Gasteiger charge is -2.00. The fourth-order valence-corrected chi connectivity index (χ4v) is 0.564. The molecule has 0 unspecified atom stereocenters. The van der Waals surface area contributed by atoms with Crippen molar-refractivity contribution in [1.82, 2.24) is 0 Å². The molecule has 0 aliphatic carbocycles. The van der Waals surface area contributed by atoms with Gasteiger partial charge in [0, 0.05) is 0 Å². The average Bonchev–Trinajstić information content (AvgIpc) is 1.90. The Morgan fingerprint density at radius 2 is 1.75 bits per heavy atom. The fourth-order valence-electron chi connectivity index (χ4n) is 0.564. The summed E-state index contributed by atoms with van der Waals surface area (Å²) in [6, 6.07) is 9.80. The van der Waals surface area contributed by atoms with Gasteiger partial charge in [-0.25, -0.2) is 0 Å². The first-order chi connectivity index (χ1) is 3.93. The third-order valence-corrected chi connectivity index (χ3v) is 0.992. The van der Waals surface area contributed by atoms with Crippen LogP contribution in [-0.2, 0) is 0 Å². The van der Waals surface area contributed by atoms with Crippen LogP contribution in [0.25, 0.3) is 0 Å². The molecule has 1 aromatic rings. The van der Waals surface area contributed by atoms with Gasteiger partial charge in [-0.1, -0.05) is 6.07 Å². The smallest absolute Gasteiger partial charge is 0.0866 e. The van der Waals surface area contributed by atoms with Gasteiger partial charge in [0.05, 0.1) is 0 Å². The fraction of sp³-hybridized carbons (Fsp3) is 0. The Labute approximate surface area is 49.1 Å². The largest absolute Gasteiger partial charge is 0.360 e. The first-order valence-electron chi connectivity index (χ1n) is 2.53. The molecule has 0 fully saturated rings. The zero-order chi connectivity index (χ0) is 5.82. The molecule has 8 heavy (non-hydrogen) atoms. The van der Waals surface area contributed by atoms with Crippen LogP contribution in [0, 0.1) is 6.54 Å². The summed E-state index contributed by atoms with van der Waals surface area (Å²) in [7, 11) is 0. The highest BCUT2D eigenvalue weighted by molar-refractivity contribution is 5.20. The van der Waals surface area contributed by atoms with Crippen LogP contribution in [0.5, 0.6) is 0 Å². The molecule has 0 bridgehead atoms. The van der Waals surface area contributed by atoms with Gasteiger partial charge in [0.25, 0.3) is 0 Å². The maximum Gasteiger partial charge on any atom is -0.0866 e. The standard InChI is InChI=1S/C7H8N/c8-6-7-4-2-1-3-5-7/h1-6H,8H2/q-1. The van der Waals surface area contributed by atoms with Crippen LogP contribution in [0.3, 0.4) is 0 Å². The quantitative estimate of drug-likeness (QED) is 0.534. The van der Waals surface area contributed by atoms with Gasteiger partial charge < -0.3 is 5.73 Å². The predicted octanol–water partition coefficient (Wildman–Crippen LogP) is 1.16. The van der Waals surface area contributed by atoms with Gasteiger partial charge in [0.2, 0.25) is 0 Å². The Morgan fingerprint density at radius 3 is 2.12 bits per heavy atom. The van der Waals surface area contributed by atoms with E-state index in [0.29, 0.717) is 0 Å². The maximum atomic E-state index is 5.22. The van der Waals surface area contributed by atoms with Crippen molar-refractivity contribution < 1.29 is 0 Å². The third-order valence-electron chi connectivity index (χ3n) is 0.992. The number of nitrogens with two attached hydrogens (primary N) is 1. The average molecular weight is 106 g/mol. The van der Waals surface area contributed by atoms with E-state index in [1.165, 1.54) is 0 Å². The van der Waals surface area contributed by atoms with Crippen LogP contribution >= 0.6 is 0 Å². The van der Waals surface area contributed by atoms with Crippen LogP contribution in [0.1, 0.15) is 5.56 Å². The Morgan fingerprint density at radius 1 is 1.12 bits per heavy atom. The minimum Gasteiger partial charge on any atom is -0.360 e. The monoisotopic (exact) mass is 106 g/mol. The number of rotatable bonds is 1. The Balaban J connectivity index is 2.83. The van der Waals surface area contributed by atoms with Crippen LogP contribution in [0.2, 0.25) is 0 Å². The molecule has 0 heterocycles. The minimum atomic E-state index is 1.06. The lowest BCUT2D eigenvalue weighted by molar-refractivity contribution is 1.35. The van der Waals surface area contributed by atoms with Crippen LogP contribution in [0.4, 0.5) is 0 Å². The van der Waals surface area contributed by atoms with Gasteiger partial charge in [0.15, 0.2) is 0 Å².